The van der Waals surface area contributed by atoms with Crippen LogP contribution in [0.3, 0.4) is 0 Å². The van der Waals surface area contributed by atoms with Gasteiger partial charge in [-0.15, -0.1) is 0 Å². The normalized spacial score (nSPS) is 11.8. The first-order valence-electron chi connectivity index (χ1n) is 6.91. The first kappa shape index (κ1) is 18.8. The number of benzene rings is 2. The van der Waals surface area contributed by atoms with Crippen LogP contribution in [0.4, 0.5) is 13.2 Å². The molecular weight excluding hydrogens is 357 g/mol. The summed E-state index contributed by atoms with van der Waals surface area (Å²) in [7, 11) is -2.69. The lowest BCUT2D eigenvalue weighted by molar-refractivity contribution is -0.137. The molecule has 0 radical (unpaired) electrons. The van der Waals surface area contributed by atoms with Gasteiger partial charge in [0.25, 0.3) is 0 Å². The topological polar surface area (TPSA) is 79.2 Å². The molecule has 9 heteroatoms. The Hall–Kier alpha value is -2.57. The monoisotopic (exact) mass is 370 g/mol. The van der Waals surface area contributed by atoms with Crippen LogP contribution in [-0.2, 0) is 22.7 Å². The highest BCUT2D eigenvalue weighted by Crippen LogP contribution is 2.33. The molecule has 0 amide bonds. The number of rotatable bonds is 5. The molecule has 0 heterocycles. The number of halogens is 3. The molecular formula is C16H13F3N2O3S. The highest BCUT2D eigenvalue weighted by atomic mass is 32.2. The largest absolute Gasteiger partial charge is 0.497 e. The smallest absolute Gasteiger partial charge is 0.417 e. The molecule has 0 atom stereocenters. The van der Waals surface area contributed by atoms with Crippen LogP contribution in [0.25, 0.3) is 0 Å². The Balaban J connectivity index is 2.25. The number of hydrogen-bond acceptors (Lipinski definition) is 4. The van der Waals surface area contributed by atoms with E-state index in [1.54, 1.807) is 24.3 Å². The maximum absolute atomic E-state index is 12.9. The molecule has 0 bridgehead atoms. The van der Waals surface area contributed by atoms with Crippen LogP contribution < -0.4 is 9.46 Å². The zero-order chi connectivity index (χ0) is 18.7. The molecule has 0 aromatic heterocycles. The minimum absolute atomic E-state index is 0.103. The summed E-state index contributed by atoms with van der Waals surface area (Å²) >= 11 is 0. The van der Waals surface area contributed by atoms with Gasteiger partial charge in [-0.1, -0.05) is 12.1 Å². The Labute approximate surface area is 142 Å². The molecule has 0 aliphatic heterocycles. The summed E-state index contributed by atoms with van der Waals surface area (Å²) in [6.45, 7) is -0.103. The minimum atomic E-state index is -4.83. The van der Waals surface area contributed by atoms with Gasteiger partial charge in [-0.3, -0.25) is 0 Å². The number of alkyl halides is 3. The van der Waals surface area contributed by atoms with Crippen LogP contribution in [-0.4, -0.2) is 15.5 Å². The fourth-order valence-electron chi connectivity index (χ4n) is 2.03. The number of methoxy groups -OCH3 is 1. The van der Waals surface area contributed by atoms with Gasteiger partial charge in [0.2, 0.25) is 10.0 Å². The van der Waals surface area contributed by atoms with Crippen molar-refractivity contribution >= 4 is 10.0 Å². The molecule has 0 unspecified atom stereocenters. The van der Waals surface area contributed by atoms with E-state index in [9.17, 15) is 21.6 Å². The average molecular weight is 370 g/mol. The van der Waals surface area contributed by atoms with E-state index in [0.717, 1.165) is 12.1 Å². The standard InChI is InChI=1S/C16H13F3N2O3S/c1-24-13-5-2-11(3-6-13)10-21-25(22,23)14-7-4-12(9-20)15(8-14)16(17,18)19/h2-8,21H,10H2,1H3. The summed E-state index contributed by atoms with van der Waals surface area (Å²) in [4.78, 5) is -0.563. The van der Waals surface area contributed by atoms with Gasteiger partial charge in [0.1, 0.15) is 5.75 Å². The zero-order valence-electron chi connectivity index (χ0n) is 13.0. The van der Waals surface area contributed by atoms with E-state index in [2.05, 4.69) is 4.72 Å². The van der Waals surface area contributed by atoms with Crippen molar-refractivity contribution in [2.45, 2.75) is 17.6 Å². The molecule has 2 aromatic rings. The van der Waals surface area contributed by atoms with Crippen LogP contribution in [0.5, 0.6) is 5.75 Å². The predicted octanol–water partition coefficient (Wildman–Crippen LogP) is 3.06. The van der Waals surface area contributed by atoms with Gasteiger partial charge >= 0.3 is 6.18 Å². The van der Waals surface area contributed by atoms with E-state index in [4.69, 9.17) is 10.00 Å². The highest BCUT2D eigenvalue weighted by Gasteiger charge is 2.35. The molecule has 0 saturated heterocycles. The van der Waals surface area contributed by atoms with Gasteiger partial charge in [-0.25, -0.2) is 13.1 Å². The van der Waals surface area contributed by atoms with Crippen molar-refractivity contribution in [2.24, 2.45) is 0 Å². The van der Waals surface area contributed by atoms with Crippen molar-refractivity contribution in [1.29, 1.82) is 5.26 Å². The van der Waals surface area contributed by atoms with Gasteiger partial charge in [-0.05, 0) is 35.9 Å². The van der Waals surface area contributed by atoms with Crippen molar-refractivity contribution in [1.82, 2.24) is 4.72 Å². The van der Waals surface area contributed by atoms with Crippen molar-refractivity contribution in [3.8, 4) is 11.8 Å². The SMILES string of the molecule is COc1ccc(CNS(=O)(=O)c2ccc(C#N)c(C(F)(F)F)c2)cc1. The number of nitrogens with zero attached hydrogens (tertiary/aromatic N) is 1. The van der Waals surface area contributed by atoms with Gasteiger partial charge < -0.3 is 4.74 Å². The highest BCUT2D eigenvalue weighted by molar-refractivity contribution is 7.89. The molecule has 1 N–H and O–H groups in total. The third-order valence-electron chi connectivity index (χ3n) is 3.35. The Kier molecular flexibility index (Phi) is 5.35. The maximum atomic E-state index is 12.9. The molecule has 0 spiro atoms. The summed E-state index contributed by atoms with van der Waals surface area (Å²) in [5.74, 6) is 0.591. The molecule has 0 fully saturated rings. The van der Waals surface area contributed by atoms with Crippen molar-refractivity contribution < 1.29 is 26.3 Å². The zero-order valence-corrected chi connectivity index (χ0v) is 13.8. The molecule has 0 aliphatic rings. The molecule has 2 rings (SSSR count). The summed E-state index contributed by atoms with van der Waals surface area (Å²) in [5.41, 5.74) is -1.32. The van der Waals surface area contributed by atoms with Crippen molar-refractivity contribution in [2.75, 3.05) is 7.11 Å². The van der Waals surface area contributed by atoms with E-state index in [0.29, 0.717) is 17.4 Å². The molecule has 2 aromatic carbocycles. The molecule has 132 valence electrons. The number of ether oxygens (including phenoxy) is 1. The number of sulfonamides is 1. The summed E-state index contributed by atoms with van der Waals surface area (Å²) < 4.78 is 70.5. The first-order valence-corrected chi connectivity index (χ1v) is 8.39. The van der Waals surface area contributed by atoms with Gasteiger partial charge in [0.15, 0.2) is 0 Å². The van der Waals surface area contributed by atoms with E-state index in [-0.39, 0.29) is 6.54 Å². The van der Waals surface area contributed by atoms with Crippen molar-refractivity contribution in [3.63, 3.8) is 0 Å². The third-order valence-corrected chi connectivity index (χ3v) is 4.75. The number of nitriles is 1. The Morgan fingerprint density at radius 3 is 2.32 bits per heavy atom. The summed E-state index contributed by atoms with van der Waals surface area (Å²) in [6.07, 6.45) is -4.83. The van der Waals surface area contributed by atoms with Gasteiger partial charge in [0.05, 0.1) is 29.2 Å². The summed E-state index contributed by atoms with van der Waals surface area (Å²) in [5, 5.41) is 8.74. The molecule has 0 saturated carbocycles. The van der Waals surface area contributed by atoms with E-state index < -0.39 is 32.2 Å². The van der Waals surface area contributed by atoms with Crippen LogP contribution in [0.15, 0.2) is 47.4 Å². The summed E-state index contributed by atoms with van der Waals surface area (Å²) in [6, 6.07) is 10.2. The second kappa shape index (κ2) is 7.13. The second-order valence-electron chi connectivity index (χ2n) is 4.99. The lowest BCUT2D eigenvalue weighted by Gasteiger charge is -2.12. The quantitative estimate of drug-likeness (QED) is 0.877. The minimum Gasteiger partial charge on any atom is -0.497 e. The molecule has 0 aliphatic carbocycles. The molecule has 5 nitrogen and oxygen atoms in total. The Bertz CT molecular complexity index is 902. The fourth-order valence-corrected chi connectivity index (χ4v) is 3.07. The van der Waals surface area contributed by atoms with Crippen LogP contribution in [0.2, 0.25) is 0 Å². The van der Waals surface area contributed by atoms with E-state index >= 15 is 0 Å². The second-order valence-corrected chi connectivity index (χ2v) is 6.76. The van der Waals surface area contributed by atoms with Crippen molar-refractivity contribution in [3.05, 3.63) is 59.2 Å². The lowest BCUT2D eigenvalue weighted by Crippen LogP contribution is -2.24. The van der Waals surface area contributed by atoms with Crippen LogP contribution in [0, 0.1) is 11.3 Å². The van der Waals surface area contributed by atoms with Gasteiger partial charge in [-0.2, -0.15) is 18.4 Å². The average Bonchev–Trinajstić information content (AvgIpc) is 2.59. The molecule has 25 heavy (non-hydrogen) atoms. The fraction of sp³-hybridized carbons (Fsp3) is 0.188. The van der Waals surface area contributed by atoms with Gasteiger partial charge in [0, 0.05) is 6.54 Å². The van der Waals surface area contributed by atoms with Crippen LogP contribution in [0.1, 0.15) is 16.7 Å². The predicted molar refractivity (Wildman–Crippen MR) is 83.2 cm³/mol. The Morgan fingerprint density at radius 1 is 1.16 bits per heavy atom. The first-order chi connectivity index (χ1) is 11.7. The van der Waals surface area contributed by atoms with E-state index in [1.165, 1.54) is 13.2 Å². The van der Waals surface area contributed by atoms with Crippen LogP contribution >= 0.6 is 0 Å². The number of nitrogens with one attached hydrogen (secondary N) is 1. The third kappa shape index (κ3) is 4.49. The lowest BCUT2D eigenvalue weighted by atomic mass is 10.1. The maximum Gasteiger partial charge on any atom is 0.417 e. The van der Waals surface area contributed by atoms with E-state index in [1.807, 2.05) is 0 Å². The Morgan fingerprint density at radius 2 is 1.80 bits per heavy atom. The number of hydrogen-bond donors (Lipinski definition) is 1.